The SMILES string of the molecule is CC(=O)N[C@@H](Cc1ccccc1)C(=O)O.CCC(C)[C@@H](N)C(=O)O.CCSCCC(N)C(=O)O. The summed E-state index contributed by atoms with van der Waals surface area (Å²) < 4.78 is 0. The molecule has 0 aromatic heterocycles. The van der Waals surface area contributed by atoms with Crippen LogP contribution < -0.4 is 16.8 Å². The van der Waals surface area contributed by atoms with Crippen LogP contribution in [0.15, 0.2) is 30.3 Å². The summed E-state index contributed by atoms with van der Waals surface area (Å²) in [6.45, 7) is 7.10. The van der Waals surface area contributed by atoms with Gasteiger partial charge in [0, 0.05) is 13.3 Å². The summed E-state index contributed by atoms with van der Waals surface area (Å²) in [6.07, 6.45) is 1.68. The van der Waals surface area contributed by atoms with Crippen LogP contribution in [-0.2, 0) is 25.6 Å². The number of thioether (sulfide) groups is 1. The lowest BCUT2D eigenvalue weighted by Crippen LogP contribution is -2.41. The molecule has 4 atom stereocenters. The van der Waals surface area contributed by atoms with Gasteiger partial charge in [-0.15, -0.1) is 0 Å². The molecule has 0 fully saturated rings. The molecule has 8 N–H and O–H groups in total. The standard InChI is InChI=1S/C11H13NO3.C6H13NO2S.C6H13NO2/c1-8(13)12-10(11(14)15)7-9-5-3-2-4-6-9;1-2-10-4-3-5(7)6(8)9;1-3-4(2)5(7)6(8)9/h2-6,10H,7H2,1H3,(H,12,13)(H,14,15);5H,2-4,7H2,1H3,(H,8,9);4-5H,3,7H2,1-2H3,(H,8,9)/t10-;;4?,5-/m0.1/s1. The van der Waals surface area contributed by atoms with E-state index in [1.54, 1.807) is 11.8 Å². The highest BCUT2D eigenvalue weighted by Gasteiger charge is 2.18. The van der Waals surface area contributed by atoms with E-state index in [9.17, 15) is 19.2 Å². The van der Waals surface area contributed by atoms with Gasteiger partial charge in [0.15, 0.2) is 0 Å². The van der Waals surface area contributed by atoms with Crippen LogP contribution in [0.4, 0.5) is 0 Å². The van der Waals surface area contributed by atoms with Gasteiger partial charge in [-0.2, -0.15) is 11.8 Å². The van der Waals surface area contributed by atoms with Crippen molar-refractivity contribution in [1.29, 1.82) is 0 Å². The summed E-state index contributed by atoms with van der Waals surface area (Å²) in [6, 6.07) is 6.95. The minimum atomic E-state index is -1.02. The van der Waals surface area contributed by atoms with Crippen LogP contribution in [0, 0.1) is 5.92 Å². The topological polar surface area (TPSA) is 193 Å². The number of carbonyl (C=O) groups excluding carboxylic acids is 1. The molecule has 0 spiro atoms. The Hall–Kier alpha value is -2.63. The Morgan fingerprint density at radius 1 is 0.971 bits per heavy atom. The molecule has 34 heavy (non-hydrogen) atoms. The van der Waals surface area contributed by atoms with Gasteiger partial charge >= 0.3 is 17.9 Å². The van der Waals surface area contributed by atoms with E-state index in [-0.39, 0.29) is 11.8 Å². The lowest BCUT2D eigenvalue weighted by molar-refractivity contribution is -0.141. The molecule has 1 aromatic carbocycles. The summed E-state index contributed by atoms with van der Waals surface area (Å²) in [4.78, 5) is 41.9. The molecule has 1 aromatic rings. The maximum atomic E-state index is 10.8. The van der Waals surface area contributed by atoms with Crippen molar-refractivity contribution in [3.8, 4) is 0 Å². The Morgan fingerprint density at radius 3 is 1.88 bits per heavy atom. The lowest BCUT2D eigenvalue weighted by atomic mass is 10.0. The minimum absolute atomic E-state index is 0.0718. The molecule has 2 unspecified atom stereocenters. The first kappa shape index (κ1) is 33.5. The Labute approximate surface area is 205 Å². The number of carboxylic acid groups (broad SMARTS) is 3. The number of amides is 1. The van der Waals surface area contributed by atoms with Crippen LogP contribution in [0.25, 0.3) is 0 Å². The fourth-order valence-corrected chi connectivity index (χ4v) is 2.98. The van der Waals surface area contributed by atoms with Gasteiger partial charge in [-0.3, -0.25) is 14.4 Å². The van der Waals surface area contributed by atoms with E-state index in [2.05, 4.69) is 5.32 Å². The Balaban J connectivity index is 0. The zero-order valence-electron chi connectivity index (χ0n) is 20.3. The summed E-state index contributed by atoms with van der Waals surface area (Å²) in [5.41, 5.74) is 11.4. The number of hydrogen-bond donors (Lipinski definition) is 6. The molecular formula is C23H39N3O7S. The smallest absolute Gasteiger partial charge is 0.326 e. The summed E-state index contributed by atoms with van der Waals surface area (Å²) >= 11 is 1.71. The number of aliphatic carboxylic acids is 3. The molecule has 1 amide bonds. The lowest BCUT2D eigenvalue weighted by Gasteiger charge is -2.12. The largest absolute Gasteiger partial charge is 0.480 e. The second kappa shape index (κ2) is 19.8. The van der Waals surface area contributed by atoms with Crippen molar-refractivity contribution >= 4 is 35.6 Å². The third kappa shape index (κ3) is 17.9. The van der Waals surface area contributed by atoms with Crippen molar-refractivity contribution in [3.63, 3.8) is 0 Å². The molecule has 0 radical (unpaired) electrons. The molecule has 11 heteroatoms. The van der Waals surface area contributed by atoms with Gasteiger partial charge in [0.1, 0.15) is 18.1 Å². The normalized spacial score (nSPS) is 13.5. The average molecular weight is 502 g/mol. The van der Waals surface area contributed by atoms with E-state index < -0.39 is 36.0 Å². The Kier molecular flexibility index (Phi) is 19.5. The molecule has 0 aliphatic heterocycles. The molecule has 194 valence electrons. The number of hydrogen-bond acceptors (Lipinski definition) is 7. The molecular weight excluding hydrogens is 462 g/mol. The second-order valence-corrected chi connectivity index (χ2v) is 8.85. The molecule has 0 saturated heterocycles. The van der Waals surface area contributed by atoms with Crippen molar-refractivity contribution < 1.29 is 34.5 Å². The van der Waals surface area contributed by atoms with Crippen molar-refractivity contribution in [2.24, 2.45) is 17.4 Å². The number of rotatable bonds is 12. The molecule has 0 saturated carbocycles. The number of carbonyl (C=O) groups is 4. The maximum absolute atomic E-state index is 10.8. The summed E-state index contributed by atoms with van der Waals surface area (Å²) in [7, 11) is 0. The van der Waals surface area contributed by atoms with Crippen molar-refractivity contribution in [3.05, 3.63) is 35.9 Å². The van der Waals surface area contributed by atoms with Crippen LogP contribution in [0.2, 0.25) is 0 Å². The second-order valence-electron chi connectivity index (χ2n) is 7.46. The first-order valence-corrected chi connectivity index (χ1v) is 12.1. The maximum Gasteiger partial charge on any atom is 0.326 e. The molecule has 0 bridgehead atoms. The van der Waals surface area contributed by atoms with E-state index in [0.717, 1.165) is 23.5 Å². The first-order chi connectivity index (χ1) is 15.9. The highest BCUT2D eigenvalue weighted by molar-refractivity contribution is 7.99. The number of nitrogens with two attached hydrogens (primary N) is 2. The van der Waals surface area contributed by atoms with Crippen LogP contribution in [0.1, 0.15) is 46.1 Å². The predicted molar refractivity (Wildman–Crippen MR) is 134 cm³/mol. The van der Waals surface area contributed by atoms with E-state index in [0.29, 0.717) is 12.8 Å². The fourth-order valence-electron chi connectivity index (χ4n) is 2.27. The average Bonchev–Trinajstić information content (AvgIpc) is 2.78. The summed E-state index contributed by atoms with van der Waals surface area (Å²) in [5, 5.41) is 28.0. The van der Waals surface area contributed by atoms with Gasteiger partial charge in [0.2, 0.25) is 5.91 Å². The molecule has 0 aliphatic rings. The third-order valence-corrected chi connectivity index (χ3v) is 5.53. The molecule has 10 nitrogen and oxygen atoms in total. The number of nitrogens with one attached hydrogen (secondary N) is 1. The van der Waals surface area contributed by atoms with E-state index in [4.69, 9.17) is 26.8 Å². The van der Waals surface area contributed by atoms with Crippen molar-refractivity contribution in [2.45, 2.75) is 65.1 Å². The first-order valence-electron chi connectivity index (χ1n) is 10.9. The highest BCUT2D eigenvalue weighted by Crippen LogP contribution is 2.05. The third-order valence-electron chi connectivity index (χ3n) is 4.59. The van der Waals surface area contributed by atoms with Gasteiger partial charge in [0.25, 0.3) is 0 Å². The number of benzene rings is 1. The molecule has 0 aliphatic carbocycles. The molecule has 1 rings (SSSR count). The Morgan fingerprint density at radius 2 is 1.53 bits per heavy atom. The number of carboxylic acids is 3. The zero-order valence-corrected chi connectivity index (χ0v) is 21.1. The fraction of sp³-hybridized carbons (Fsp3) is 0.565. The highest BCUT2D eigenvalue weighted by atomic mass is 32.2. The van der Waals surface area contributed by atoms with Crippen LogP contribution in [0.3, 0.4) is 0 Å². The van der Waals surface area contributed by atoms with Gasteiger partial charge in [-0.05, 0) is 29.4 Å². The monoisotopic (exact) mass is 501 g/mol. The van der Waals surface area contributed by atoms with Crippen molar-refractivity contribution in [1.82, 2.24) is 5.32 Å². The van der Waals surface area contributed by atoms with Gasteiger partial charge in [-0.25, -0.2) is 4.79 Å². The minimum Gasteiger partial charge on any atom is -0.480 e. The van der Waals surface area contributed by atoms with Crippen molar-refractivity contribution in [2.75, 3.05) is 11.5 Å². The Bertz CT molecular complexity index is 735. The summed E-state index contributed by atoms with van der Waals surface area (Å²) in [5.74, 6) is -1.24. The van der Waals surface area contributed by atoms with Crippen LogP contribution in [-0.4, -0.2) is 68.8 Å². The zero-order chi connectivity index (χ0) is 26.7. The van der Waals surface area contributed by atoms with Crippen LogP contribution >= 0.6 is 11.8 Å². The van der Waals surface area contributed by atoms with E-state index in [1.807, 2.05) is 51.1 Å². The predicted octanol–water partition coefficient (Wildman–Crippen LogP) is 1.80. The van der Waals surface area contributed by atoms with Gasteiger partial charge in [0.05, 0.1) is 0 Å². The van der Waals surface area contributed by atoms with E-state index >= 15 is 0 Å². The molecule has 0 heterocycles. The van der Waals surface area contributed by atoms with Gasteiger partial charge < -0.3 is 32.1 Å². The van der Waals surface area contributed by atoms with Gasteiger partial charge in [-0.1, -0.05) is 57.5 Å². The quantitative estimate of drug-likeness (QED) is 0.230. The van der Waals surface area contributed by atoms with E-state index in [1.165, 1.54) is 6.92 Å². The van der Waals surface area contributed by atoms with Crippen LogP contribution in [0.5, 0.6) is 0 Å².